The highest BCUT2D eigenvalue weighted by atomic mass is 32.1. The van der Waals surface area contributed by atoms with Gasteiger partial charge in [-0.3, -0.25) is 9.69 Å². The van der Waals surface area contributed by atoms with Gasteiger partial charge in [-0.05, 0) is 32.0 Å². The van der Waals surface area contributed by atoms with Crippen LogP contribution in [0.15, 0.2) is 23.8 Å². The Labute approximate surface area is 140 Å². The van der Waals surface area contributed by atoms with E-state index in [0.717, 1.165) is 23.8 Å². The number of likely N-dealkylation sites (tertiary alicyclic amines) is 1. The third-order valence-corrected chi connectivity index (χ3v) is 4.73. The van der Waals surface area contributed by atoms with Gasteiger partial charge in [-0.1, -0.05) is 12.8 Å². The quantitative estimate of drug-likeness (QED) is 0.908. The van der Waals surface area contributed by atoms with Crippen LogP contribution >= 0.6 is 11.3 Å². The van der Waals surface area contributed by atoms with Gasteiger partial charge in [-0.2, -0.15) is 0 Å². The molecule has 1 aliphatic heterocycles. The minimum Gasteiger partial charge on any atom is -0.349 e. The van der Waals surface area contributed by atoms with Gasteiger partial charge in [0.1, 0.15) is 0 Å². The molecular formula is C16H21N5OS. The summed E-state index contributed by atoms with van der Waals surface area (Å²) in [7, 11) is 0. The van der Waals surface area contributed by atoms with Gasteiger partial charge in [0, 0.05) is 17.8 Å². The summed E-state index contributed by atoms with van der Waals surface area (Å²) in [5.74, 6) is 0.692. The Bertz CT molecular complexity index is 622. The van der Waals surface area contributed by atoms with Crippen LogP contribution in [0, 0.1) is 0 Å². The van der Waals surface area contributed by atoms with E-state index >= 15 is 0 Å². The van der Waals surface area contributed by atoms with E-state index in [1.165, 1.54) is 37.0 Å². The van der Waals surface area contributed by atoms with Crippen LogP contribution in [-0.4, -0.2) is 45.4 Å². The zero-order valence-corrected chi connectivity index (χ0v) is 13.9. The first kappa shape index (κ1) is 16.0. The normalized spacial score (nSPS) is 16.0. The average Bonchev–Trinajstić information content (AvgIpc) is 2.91. The Morgan fingerprint density at radius 1 is 1.17 bits per heavy atom. The zero-order valence-electron chi connectivity index (χ0n) is 13.1. The van der Waals surface area contributed by atoms with Gasteiger partial charge in [0.25, 0.3) is 0 Å². The van der Waals surface area contributed by atoms with Crippen LogP contribution in [0.3, 0.4) is 0 Å². The second-order valence-corrected chi connectivity index (χ2v) is 6.54. The monoisotopic (exact) mass is 331 g/mol. The van der Waals surface area contributed by atoms with Crippen LogP contribution in [0.1, 0.15) is 31.4 Å². The summed E-state index contributed by atoms with van der Waals surface area (Å²) in [6.45, 7) is 2.99. The smallest absolute Gasteiger partial charge is 0.234 e. The highest BCUT2D eigenvalue weighted by Gasteiger charge is 2.13. The van der Waals surface area contributed by atoms with Crippen molar-refractivity contribution in [1.82, 2.24) is 25.2 Å². The average molecular weight is 331 g/mol. The Balaban J connectivity index is 1.48. The molecule has 0 bridgehead atoms. The molecule has 1 fully saturated rings. The van der Waals surface area contributed by atoms with Crippen molar-refractivity contribution in [3.05, 3.63) is 29.5 Å². The molecule has 2 aromatic heterocycles. The fraction of sp³-hybridized carbons (Fsp3) is 0.500. The van der Waals surface area contributed by atoms with Crippen LogP contribution < -0.4 is 5.32 Å². The van der Waals surface area contributed by atoms with Crippen molar-refractivity contribution in [3.63, 3.8) is 0 Å². The molecule has 3 rings (SSSR count). The third kappa shape index (κ3) is 4.80. The van der Waals surface area contributed by atoms with Crippen LogP contribution in [0.25, 0.3) is 10.8 Å². The molecule has 0 aliphatic carbocycles. The molecule has 122 valence electrons. The number of amides is 1. The van der Waals surface area contributed by atoms with Crippen molar-refractivity contribution in [2.24, 2.45) is 0 Å². The van der Waals surface area contributed by atoms with Gasteiger partial charge >= 0.3 is 0 Å². The van der Waals surface area contributed by atoms with Gasteiger partial charge in [-0.15, -0.1) is 11.3 Å². The maximum Gasteiger partial charge on any atom is 0.234 e. The molecule has 0 aromatic carbocycles. The van der Waals surface area contributed by atoms with E-state index in [9.17, 15) is 4.79 Å². The largest absolute Gasteiger partial charge is 0.349 e. The molecule has 7 heteroatoms. The maximum atomic E-state index is 12.1. The summed E-state index contributed by atoms with van der Waals surface area (Å²) in [6, 6.07) is 1.78. The van der Waals surface area contributed by atoms with Crippen LogP contribution in [0.4, 0.5) is 0 Å². The standard InChI is InChI=1S/C16H21N5OS/c22-14(11-21-8-3-1-2-4-9-21)19-10-13-12-23-16(20-13)15-17-6-5-7-18-15/h5-7,12H,1-4,8-11H2,(H,19,22). The van der Waals surface area contributed by atoms with E-state index in [0.29, 0.717) is 18.9 Å². The van der Waals surface area contributed by atoms with Crippen molar-refractivity contribution in [2.45, 2.75) is 32.2 Å². The molecule has 2 aromatic rings. The minimum atomic E-state index is 0.0670. The fourth-order valence-corrected chi connectivity index (χ4v) is 3.41. The number of aromatic nitrogens is 3. The highest BCUT2D eigenvalue weighted by Crippen LogP contribution is 2.19. The first-order chi connectivity index (χ1) is 11.3. The van der Waals surface area contributed by atoms with Crippen LogP contribution in [0.2, 0.25) is 0 Å². The lowest BCUT2D eigenvalue weighted by molar-refractivity contribution is -0.122. The van der Waals surface area contributed by atoms with Crippen molar-refractivity contribution in [2.75, 3.05) is 19.6 Å². The first-order valence-corrected chi connectivity index (χ1v) is 8.90. The Morgan fingerprint density at radius 2 is 1.91 bits per heavy atom. The van der Waals surface area contributed by atoms with E-state index < -0.39 is 0 Å². The molecular weight excluding hydrogens is 310 g/mol. The topological polar surface area (TPSA) is 71.0 Å². The van der Waals surface area contributed by atoms with Gasteiger partial charge in [0.2, 0.25) is 5.91 Å². The summed E-state index contributed by atoms with van der Waals surface area (Å²) in [5, 5.41) is 5.68. The molecule has 0 unspecified atom stereocenters. The number of nitrogens with one attached hydrogen (secondary N) is 1. The molecule has 3 heterocycles. The molecule has 1 amide bonds. The van der Waals surface area contributed by atoms with E-state index in [-0.39, 0.29) is 5.91 Å². The Kier molecular flexibility index (Phi) is 5.65. The van der Waals surface area contributed by atoms with Crippen molar-refractivity contribution >= 4 is 17.2 Å². The second-order valence-electron chi connectivity index (χ2n) is 5.68. The van der Waals surface area contributed by atoms with Crippen molar-refractivity contribution < 1.29 is 4.79 Å². The molecule has 1 N–H and O–H groups in total. The fourth-order valence-electron chi connectivity index (χ4n) is 2.64. The maximum absolute atomic E-state index is 12.1. The molecule has 0 spiro atoms. The van der Waals surface area contributed by atoms with E-state index in [1.807, 2.05) is 5.38 Å². The number of carbonyl (C=O) groups excluding carboxylic acids is 1. The van der Waals surface area contributed by atoms with Gasteiger partial charge in [-0.25, -0.2) is 15.0 Å². The summed E-state index contributed by atoms with van der Waals surface area (Å²) >= 11 is 1.49. The first-order valence-electron chi connectivity index (χ1n) is 8.02. The Hall–Kier alpha value is -1.86. The van der Waals surface area contributed by atoms with E-state index in [4.69, 9.17) is 0 Å². The van der Waals surface area contributed by atoms with Crippen molar-refractivity contribution in [3.8, 4) is 10.8 Å². The summed E-state index contributed by atoms with van der Waals surface area (Å²) in [4.78, 5) is 27.2. The summed E-state index contributed by atoms with van der Waals surface area (Å²) in [6.07, 6.45) is 8.35. The van der Waals surface area contributed by atoms with E-state index in [2.05, 4.69) is 25.2 Å². The molecule has 0 atom stereocenters. The lowest BCUT2D eigenvalue weighted by Crippen LogP contribution is -2.37. The second kappa shape index (κ2) is 8.12. The number of nitrogens with zero attached hydrogens (tertiary/aromatic N) is 4. The number of hydrogen-bond donors (Lipinski definition) is 1. The van der Waals surface area contributed by atoms with Gasteiger partial charge < -0.3 is 5.32 Å². The minimum absolute atomic E-state index is 0.0670. The molecule has 23 heavy (non-hydrogen) atoms. The number of hydrogen-bond acceptors (Lipinski definition) is 6. The number of thiazole rings is 1. The SMILES string of the molecule is O=C(CN1CCCCCC1)NCc1csc(-c2ncccn2)n1. The molecule has 0 saturated carbocycles. The number of carbonyl (C=O) groups is 1. The van der Waals surface area contributed by atoms with Crippen LogP contribution in [0.5, 0.6) is 0 Å². The van der Waals surface area contributed by atoms with E-state index in [1.54, 1.807) is 18.5 Å². The molecule has 1 saturated heterocycles. The lowest BCUT2D eigenvalue weighted by atomic mass is 10.2. The summed E-state index contributed by atoms with van der Waals surface area (Å²) in [5.41, 5.74) is 0.849. The van der Waals surface area contributed by atoms with Gasteiger partial charge in [0.05, 0.1) is 18.8 Å². The molecule has 1 aliphatic rings. The van der Waals surface area contributed by atoms with Crippen LogP contribution in [-0.2, 0) is 11.3 Å². The van der Waals surface area contributed by atoms with Crippen molar-refractivity contribution in [1.29, 1.82) is 0 Å². The molecule has 6 nitrogen and oxygen atoms in total. The van der Waals surface area contributed by atoms with Gasteiger partial charge in [0.15, 0.2) is 10.8 Å². The predicted octanol–water partition coefficient (Wildman–Crippen LogP) is 2.09. The number of rotatable bonds is 5. The third-order valence-electron chi connectivity index (χ3n) is 3.84. The predicted molar refractivity (Wildman–Crippen MR) is 89.9 cm³/mol. The Morgan fingerprint density at radius 3 is 2.65 bits per heavy atom. The molecule has 0 radical (unpaired) electrons. The highest BCUT2D eigenvalue weighted by molar-refractivity contribution is 7.13. The zero-order chi connectivity index (χ0) is 15.9. The lowest BCUT2D eigenvalue weighted by Gasteiger charge is -2.18. The summed E-state index contributed by atoms with van der Waals surface area (Å²) < 4.78 is 0.